The van der Waals surface area contributed by atoms with Crippen LogP contribution in [0.1, 0.15) is 19.4 Å². The van der Waals surface area contributed by atoms with Crippen LogP contribution < -0.4 is 4.74 Å². The molecule has 1 saturated heterocycles. The maximum atomic E-state index is 6.09. The predicted octanol–water partition coefficient (Wildman–Crippen LogP) is 4.14. The molecule has 2 heterocycles. The van der Waals surface area contributed by atoms with Gasteiger partial charge in [-0.05, 0) is 31.3 Å². The van der Waals surface area contributed by atoms with Gasteiger partial charge in [-0.15, -0.1) is 0 Å². The lowest BCUT2D eigenvalue weighted by Gasteiger charge is -2.34. The second-order valence-electron chi connectivity index (χ2n) is 5.79. The molecule has 126 valence electrons. The van der Waals surface area contributed by atoms with E-state index in [-0.39, 0.29) is 0 Å². The van der Waals surface area contributed by atoms with Crippen LogP contribution in [-0.4, -0.2) is 48.9 Å². The van der Waals surface area contributed by atoms with Gasteiger partial charge in [0.05, 0.1) is 5.56 Å². The standard InChI is InChI=1S/C18H19N3O.C2H6/c1-20-10-12-21(13-11-20)18-14-6-2-4-8-16(14)22-17-9-5-3-7-15(17)19-18;1-2/h2-9H,10-13H2,1H3;1-2H3. The molecule has 0 saturated carbocycles. The van der Waals surface area contributed by atoms with Crippen molar-refractivity contribution < 1.29 is 4.74 Å². The van der Waals surface area contributed by atoms with Gasteiger partial charge in [-0.2, -0.15) is 0 Å². The lowest BCUT2D eigenvalue weighted by molar-refractivity contribution is 0.215. The van der Waals surface area contributed by atoms with Crippen LogP contribution >= 0.6 is 0 Å². The van der Waals surface area contributed by atoms with Crippen LogP contribution in [0.4, 0.5) is 5.69 Å². The minimum absolute atomic E-state index is 0.819. The first-order valence-electron chi connectivity index (χ1n) is 8.70. The quantitative estimate of drug-likeness (QED) is 0.729. The molecule has 2 aromatic carbocycles. The van der Waals surface area contributed by atoms with E-state index in [0.717, 1.165) is 54.8 Å². The van der Waals surface area contributed by atoms with E-state index in [9.17, 15) is 0 Å². The van der Waals surface area contributed by atoms with E-state index in [1.54, 1.807) is 0 Å². The maximum Gasteiger partial charge on any atom is 0.153 e. The van der Waals surface area contributed by atoms with Gasteiger partial charge < -0.3 is 14.5 Å². The first kappa shape index (κ1) is 16.5. The van der Waals surface area contributed by atoms with Crippen molar-refractivity contribution in [1.29, 1.82) is 0 Å². The van der Waals surface area contributed by atoms with Crippen molar-refractivity contribution >= 4 is 11.5 Å². The van der Waals surface area contributed by atoms with Crippen molar-refractivity contribution in [2.24, 2.45) is 4.99 Å². The molecule has 24 heavy (non-hydrogen) atoms. The lowest BCUT2D eigenvalue weighted by atomic mass is 10.1. The molecule has 4 nitrogen and oxygen atoms in total. The Morgan fingerprint density at radius 2 is 1.46 bits per heavy atom. The summed E-state index contributed by atoms with van der Waals surface area (Å²) in [5.74, 6) is 2.72. The van der Waals surface area contributed by atoms with Crippen LogP contribution in [0.25, 0.3) is 0 Å². The van der Waals surface area contributed by atoms with Gasteiger partial charge in [-0.1, -0.05) is 38.1 Å². The van der Waals surface area contributed by atoms with Crippen LogP contribution in [0.5, 0.6) is 11.5 Å². The molecule has 0 amide bonds. The summed E-state index contributed by atoms with van der Waals surface area (Å²) in [6, 6.07) is 16.1. The number of ether oxygens (including phenoxy) is 1. The number of amidine groups is 1. The predicted molar refractivity (Wildman–Crippen MR) is 99.6 cm³/mol. The average Bonchev–Trinajstić information content (AvgIpc) is 2.81. The molecule has 2 aliphatic heterocycles. The Balaban J connectivity index is 0.000000815. The molecule has 0 unspecified atom stereocenters. The number of likely N-dealkylation sites (N-methyl/N-ethyl adjacent to an activating group) is 1. The highest BCUT2D eigenvalue weighted by molar-refractivity contribution is 6.03. The Morgan fingerprint density at radius 3 is 2.21 bits per heavy atom. The zero-order valence-corrected chi connectivity index (χ0v) is 14.7. The van der Waals surface area contributed by atoms with E-state index in [1.807, 2.05) is 56.3 Å². The van der Waals surface area contributed by atoms with E-state index in [1.165, 1.54) is 0 Å². The average molecular weight is 323 g/mol. The normalized spacial score (nSPS) is 16.6. The number of fused-ring (bicyclic) bond motifs is 2. The Hall–Kier alpha value is -2.33. The van der Waals surface area contributed by atoms with Gasteiger partial charge in [0.25, 0.3) is 0 Å². The van der Waals surface area contributed by atoms with Gasteiger partial charge >= 0.3 is 0 Å². The van der Waals surface area contributed by atoms with Gasteiger partial charge in [0.2, 0.25) is 0 Å². The smallest absolute Gasteiger partial charge is 0.153 e. The second kappa shape index (κ2) is 7.49. The van der Waals surface area contributed by atoms with E-state index < -0.39 is 0 Å². The van der Waals surface area contributed by atoms with Crippen LogP contribution in [-0.2, 0) is 0 Å². The molecule has 4 rings (SSSR count). The molecule has 0 bridgehead atoms. The number of nitrogens with zero attached hydrogens (tertiary/aromatic N) is 3. The fourth-order valence-electron chi connectivity index (χ4n) is 2.93. The summed E-state index contributed by atoms with van der Waals surface area (Å²) in [5, 5.41) is 0. The van der Waals surface area contributed by atoms with Crippen LogP contribution in [0, 0.1) is 0 Å². The number of piperazine rings is 1. The summed E-state index contributed by atoms with van der Waals surface area (Å²) in [5.41, 5.74) is 1.97. The Labute approximate surface area is 144 Å². The van der Waals surface area contributed by atoms with Gasteiger partial charge in [-0.25, -0.2) is 4.99 Å². The number of rotatable bonds is 0. The van der Waals surface area contributed by atoms with E-state index >= 15 is 0 Å². The highest BCUT2D eigenvalue weighted by Gasteiger charge is 2.24. The van der Waals surface area contributed by atoms with Crippen LogP contribution in [0.2, 0.25) is 0 Å². The molecular weight excluding hydrogens is 298 g/mol. The van der Waals surface area contributed by atoms with Crippen molar-refractivity contribution in [2.75, 3.05) is 33.2 Å². The minimum atomic E-state index is 0.819. The number of hydrogen-bond donors (Lipinski definition) is 0. The first-order chi connectivity index (χ1) is 11.8. The molecule has 2 aliphatic rings. The van der Waals surface area contributed by atoms with Gasteiger partial charge in [0, 0.05) is 26.2 Å². The summed E-state index contributed by atoms with van der Waals surface area (Å²) < 4.78 is 6.09. The number of hydrogen-bond acceptors (Lipinski definition) is 4. The Bertz CT molecular complexity index is 718. The van der Waals surface area contributed by atoms with Gasteiger partial charge in [0.1, 0.15) is 17.3 Å². The SMILES string of the molecule is CC.CN1CCN(C2=Nc3ccccc3Oc3ccccc32)CC1. The van der Waals surface area contributed by atoms with Crippen molar-refractivity contribution in [3.05, 3.63) is 54.1 Å². The van der Waals surface area contributed by atoms with Crippen LogP contribution in [0.3, 0.4) is 0 Å². The highest BCUT2D eigenvalue weighted by Crippen LogP contribution is 2.37. The number of aliphatic imine (C=N–C) groups is 1. The zero-order chi connectivity index (χ0) is 16.9. The summed E-state index contributed by atoms with van der Waals surface area (Å²) in [6.07, 6.45) is 0. The van der Waals surface area contributed by atoms with E-state index in [0.29, 0.717) is 0 Å². The lowest BCUT2D eigenvalue weighted by Crippen LogP contribution is -2.47. The number of benzene rings is 2. The largest absolute Gasteiger partial charge is 0.454 e. The van der Waals surface area contributed by atoms with Gasteiger partial charge in [-0.3, -0.25) is 0 Å². The molecule has 0 aromatic heterocycles. The van der Waals surface area contributed by atoms with Crippen molar-refractivity contribution in [2.45, 2.75) is 13.8 Å². The van der Waals surface area contributed by atoms with Crippen molar-refractivity contribution in [3.8, 4) is 11.5 Å². The molecule has 0 radical (unpaired) electrons. The zero-order valence-electron chi connectivity index (χ0n) is 14.7. The first-order valence-corrected chi connectivity index (χ1v) is 8.70. The fraction of sp³-hybridized carbons (Fsp3) is 0.350. The molecule has 0 atom stereocenters. The molecule has 0 N–H and O–H groups in total. The molecular formula is C20H25N3O. The van der Waals surface area contributed by atoms with Gasteiger partial charge in [0.15, 0.2) is 5.75 Å². The molecule has 2 aromatic rings. The highest BCUT2D eigenvalue weighted by atomic mass is 16.5. The molecule has 4 heteroatoms. The van der Waals surface area contributed by atoms with Crippen LogP contribution in [0.15, 0.2) is 53.5 Å². The monoisotopic (exact) mass is 323 g/mol. The summed E-state index contributed by atoms with van der Waals surface area (Å²) >= 11 is 0. The molecule has 0 aliphatic carbocycles. The third-order valence-electron chi connectivity index (χ3n) is 4.24. The summed E-state index contributed by atoms with van der Waals surface area (Å²) in [4.78, 5) is 9.64. The third kappa shape index (κ3) is 3.29. The topological polar surface area (TPSA) is 28.1 Å². The summed E-state index contributed by atoms with van der Waals surface area (Å²) in [7, 11) is 2.17. The fourth-order valence-corrected chi connectivity index (χ4v) is 2.93. The molecule has 1 fully saturated rings. The molecule has 0 spiro atoms. The third-order valence-corrected chi connectivity index (χ3v) is 4.24. The minimum Gasteiger partial charge on any atom is -0.454 e. The van der Waals surface area contributed by atoms with E-state index in [4.69, 9.17) is 9.73 Å². The van der Waals surface area contributed by atoms with E-state index in [2.05, 4.69) is 22.9 Å². The van der Waals surface area contributed by atoms with Crippen molar-refractivity contribution in [3.63, 3.8) is 0 Å². The Kier molecular flexibility index (Phi) is 5.16. The Morgan fingerprint density at radius 1 is 0.833 bits per heavy atom. The number of para-hydroxylation sites is 3. The van der Waals surface area contributed by atoms with Crippen molar-refractivity contribution in [1.82, 2.24) is 9.80 Å². The maximum absolute atomic E-state index is 6.09. The summed E-state index contributed by atoms with van der Waals surface area (Å²) in [6.45, 7) is 8.10. The second-order valence-corrected chi connectivity index (χ2v) is 5.79.